The van der Waals surface area contributed by atoms with Crippen LogP contribution in [0.15, 0.2) is 109 Å². The number of anilines is 6. The maximum Gasteiger partial charge on any atom is 0.259 e. The van der Waals surface area contributed by atoms with E-state index in [-0.39, 0.29) is 79.5 Å². The van der Waals surface area contributed by atoms with E-state index >= 15 is 0 Å². The molecule has 2 aliphatic carbocycles. The van der Waals surface area contributed by atoms with Crippen molar-refractivity contribution in [2.45, 2.75) is 126 Å². The van der Waals surface area contributed by atoms with E-state index in [4.69, 9.17) is 56.4 Å². The van der Waals surface area contributed by atoms with Gasteiger partial charge in [-0.3, -0.25) is 43.5 Å². The normalized spacial score (nSPS) is 16.0. The average molecular weight is 1330 g/mol. The van der Waals surface area contributed by atoms with Crippen molar-refractivity contribution in [3.05, 3.63) is 194 Å². The topological polar surface area (TPSA) is 171 Å². The lowest BCUT2D eigenvalue weighted by atomic mass is 9.75. The van der Waals surface area contributed by atoms with Gasteiger partial charge in [-0.2, -0.15) is 0 Å². The Labute approximate surface area is 564 Å². The van der Waals surface area contributed by atoms with Crippen LogP contribution in [0.4, 0.5) is 64.4 Å². The van der Waals surface area contributed by atoms with Crippen molar-refractivity contribution in [3.63, 3.8) is 0 Å². The van der Waals surface area contributed by atoms with Gasteiger partial charge in [-0.15, -0.1) is 0 Å². The van der Waals surface area contributed by atoms with Gasteiger partial charge in [0, 0.05) is 55.3 Å². The molecule has 0 atom stereocenters. The predicted octanol–water partition coefficient (Wildman–Crippen LogP) is 15.1. The highest BCUT2D eigenvalue weighted by Crippen LogP contribution is 2.50. The van der Waals surface area contributed by atoms with Crippen molar-refractivity contribution < 1.29 is 41.9 Å². The zero-order valence-electron chi connectivity index (χ0n) is 50.2. The highest BCUT2D eigenvalue weighted by molar-refractivity contribution is 7.81. The number of thiocarbonyl (C=S) groups is 3. The summed E-state index contributed by atoms with van der Waals surface area (Å²) in [5.41, 5.74) is 3.74. The molecule has 3 N–H and O–H groups in total. The molecule has 0 unspecified atom stereocenters. The van der Waals surface area contributed by atoms with Gasteiger partial charge in [0.1, 0.15) is 34.1 Å². The van der Waals surface area contributed by atoms with Crippen molar-refractivity contribution in [2.75, 3.05) is 50.5 Å². The van der Waals surface area contributed by atoms with Crippen molar-refractivity contribution in [1.29, 1.82) is 0 Å². The first-order valence-corrected chi connectivity index (χ1v) is 29.6. The van der Waals surface area contributed by atoms with Crippen LogP contribution in [-0.4, -0.2) is 88.5 Å². The Morgan fingerprint density at radius 2 is 0.691 bits per heavy atom. The Kier molecular flexibility index (Phi) is 23.4. The van der Waals surface area contributed by atoms with Crippen molar-refractivity contribution >= 4 is 139 Å². The third-order valence-electron chi connectivity index (χ3n) is 16.8. The SMILES string of the molecule is C.C.C.C.[C-]#[N+]c1ccc(N2C(=O)C(C)(C)N(c3ccc(C(=O)NC)c(F)c3)C2=S)cc1C.[C-]#[N+]c1ccc(N2C(=O)C3(CCC3)N(c3ccc(C(=O)NC)c(F)c3)C2=S)cc1C.[C-]#[N+]c1ccc(N2C(=O)C3(CCCC3)N(c3ccc(C(=O)NC)c(F)c3)C2=S)cc1C. The van der Waals surface area contributed by atoms with Crippen LogP contribution < -0.4 is 45.3 Å². The van der Waals surface area contributed by atoms with E-state index in [1.54, 1.807) is 108 Å². The Morgan fingerprint density at radius 3 is 0.947 bits per heavy atom. The molecular weight excluding hydrogens is 1260 g/mol. The Bertz CT molecular complexity index is 4220. The third kappa shape index (κ3) is 12.8. The molecule has 94 heavy (non-hydrogen) atoms. The van der Waals surface area contributed by atoms with Gasteiger partial charge in [-0.1, -0.05) is 60.7 Å². The van der Waals surface area contributed by atoms with E-state index in [2.05, 4.69) is 30.5 Å². The van der Waals surface area contributed by atoms with Crippen LogP contribution in [0, 0.1) is 57.9 Å². The van der Waals surface area contributed by atoms with Crippen LogP contribution in [0.5, 0.6) is 0 Å². The number of rotatable bonds is 9. The molecule has 11 rings (SSSR count). The first-order chi connectivity index (χ1) is 42.8. The molecule has 6 aromatic carbocycles. The Hall–Kier alpha value is -9.93. The fourth-order valence-corrected chi connectivity index (χ4v) is 13.4. The summed E-state index contributed by atoms with van der Waals surface area (Å²) < 4.78 is 43.9. The lowest BCUT2D eigenvalue weighted by Gasteiger charge is -2.43. The van der Waals surface area contributed by atoms with Crippen LogP contribution in [0.3, 0.4) is 0 Å². The number of amides is 6. The molecule has 2 spiro atoms. The van der Waals surface area contributed by atoms with Gasteiger partial charge < -0.3 is 30.7 Å². The second-order valence-corrected chi connectivity index (χ2v) is 23.5. The second-order valence-electron chi connectivity index (χ2n) is 22.4. The molecule has 24 heteroatoms. The Balaban J connectivity index is 0.000000250. The summed E-state index contributed by atoms with van der Waals surface area (Å²) in [6.07, 6.45) is 5.05. The minimum atomic E-state index is -1.07. The van der Waals surface area contributed by atoms with Crippen molar-refractivity contribution in [1.82, 2.24) is 16.0 Å². The fourth-order valence-electron chi connectivity index (χ4n) is 11.9. The lowest BCUT2D eigenvalue weighted by Crippen LogP contribution is -2.55. The van der Waals surface area contributed by atoms with Crippen LogP contribution >= 0.6 is 36.7 Å². The summed E-state index contributed by atoms with van der Waals surface area (Å²) in [6, 6.07) is 28.0. The van der Waals surface area contributed by atoms with Gasteiger partial charge in [0.25, 0.3) is 35.4 Å². The number of nitrogens with one attached hydrogen (secondary N) is 3. The van der Waals surface area contributed by atoms with Gasteiger partial charge in [0.05, 0.1) is 36.4 Å². The summed E-state index contributed by atoms with van der Waals surface area (Å²) in [4.78, 5) is 95.5. The summed E-state index contributed by atoms with van der Waals surface area (Å²) in [6.45, 7) is 30.5. The first-order valence-electron chi connectivity index (χ1n) is 28.4. The molecule has 5 aliphatic rings. The molecule has 6 amide bonds. The number of halogens is 3. The second kappa shape index (κ2) is 29.4. The number of aryl methyl sites for hydroxylation is 3. The van der Waals surface area contributed by atoms with Gasteiger partial charge in [0.2, 0.25) is 0 Å². The van der Waals surface area contributed by atoms with Gasteiger partial charge in [-0.05, 0) is 211 Å². The predicted molar refractivity (Wildman–Crippen MR) is 378 cm³/mol. The van der Waals surface area contributed by atoms with E-state index < -0.39 is 51.8 Å². The first kappa shape index (κ1) is 74.8. The summed E-state index contributed by atoms with van der Waals surface area (Å²) in [5.74, 6) is -4.18. The van der Waals surface area contributed by atoms with Crippen molar-refractivity contribution in [3.8, 4) is 0 Å². The van der Waals surface area contributed by atoms with Crippen LogP contribution in [0.25, 0.3) is 14.5 Å². The highest BCUT2D eigenvalue weighted by Gasteiger charge is 2.60. The monoisotopic (exact) mass is 1330 g/mol. The average Bonchev–Trinajstić information content (AvgIpc) is 1.58. The standard InChI is InChI=1S/C23H21FN4O2S.C22H19FN4O2S.C21H19FN4O2S.4CH4/c1-14-12-15(7-9-19(14)25-2)27-21(30)23(10-4-5-11-23)28(22(27)31)16-6-8-17(18(24)13-16)20(29)26-3;1-13-11-14(6-8-18(13)24-2)26-20(29)22(9-4-10-22)27(21(26)30)15-5-7-16(17(23)12-15)19(28)25-3;1-12-10-13(7-9-17(12)23-4)25-19(28)21(2,3)26(20(25)29)14-6-8-15(16(22)11-14)18(27)24-5;;;;/h6-9,12-13H,4-5,10-11H2,1,3H3,(H,26,29);5-8,11-12H,4,9-10H2,1,3H3,(H,25,28);6-11H,1-3,5H3,(H,24,27);4*1H4. The number of carbonyl (C=O) groups excluding carboxylic acids is 6. The lowest BCUT2D eigenvalue weighted by molar-refractivity contribution is -0.124. The number of hydrogen-bond donors (Lipinski definition) is 3. The molecule has 6 aromatic rings. The molecule has 490 valence electrons. The summed E-state index contributed by atoms with van der Waals surface area (Å²) in [5, 5.41) is 7.94. The van der Waals surface area contributed by atoms with Gasteiger partial charge >= 0.3 is 0 Å². The summed E-state index contributed by atoms with van der Waals surface area (Å²) >= 11 is 17.0. The molecule has 0 radical (unpaired) electrons. The van der Waals surface area contributed by atoms with Gasteiger partial charge in [-0.25, -0.2) is 27.7 Å². The quantitative estimate of drug-likeness (QED) is 0.0926. The van der Waals surface area contributed by atoms with E-state index in [9.17, 15) is 41.9 Å². The van der Waals surface area contributed by atoms with E-state index in [1.165, 1.54) is 72.2 Å². The summed E-state index contributed by atoms with van der Waals surface area (Å²) in [7, 11) is 4.30. The minimum absolute atomic E-state index is 0. The van der Waals surface area contributed by atoms with Crippen LogP contribution in [-0.2, 0) is 14.4 Å². The zero-order valence-corrected chi connectivity index (χ0v) is 52.6. The molecule has 0 aromatic heterocycles. The maximum absolute atomic E-state index is 14.7. The molecule has 5 fully saturated rings. The van der Waals surface area contributed by atoms with E-state index in [0.717, 1.165) is 36.0 Å². The van der Waals surface area contributed by atoms with Gasteiger partial charge in [0.15, 0.2) is 32.4 Å². The largest absolute Gasteiger partial charge is 0.355 e. The zero-order chi connectivity index (χ0) is 65.5. The molecule has 3 heterocycles. The maximum atomic E-state index is 14.7. The molecular formula is C70H75F3N12O6S3. The smallest absolute Gasteiger partial charge is 0.259 e. The van der Waals surface area contributed by atoms with Crippen LogP contribution in [0.1, 0.15) is 136 Å². The molecule has 0 bridgehead atoms. The number of nitrogens with zero attached hydrogens (tertiary/aromatic N) is 9. The fraction of sp³-hybridized carbons (Fsp3) is 0.314. The van der Waals surface area contributed by atoms with E-state index in [0.29, 0.717) is 76.9 Å². The molecule has 18 nitrogen and oxygen atoms in total. The highest BCUT2D eigenvalue weighted by atomic mass is 32.1. The van der Waals surface area contributed by atoms with Crippen molar-refractivity contribution in [2.24, 2.45) is 0 Å². The third-order valence-corrected chi connectivity index (χ3v) is 17.9. The number of benzene rings is 6. The number of hydrogen-bond acceptors (Lipinski definition) is 9. The Morgan fingerprint density at radius 1 is 0.426 bits per heavy atom. The molecule has 3 aliphatic heterocycles. The number of carbonyl (C=O) groups is 6. The minimum Gasteiger partial charge on any atom is -0.355 e. The van der Waals surface area contributed by atoms with E-state index in [1.807, 2.05) is 13.8 Å². The molecule has 2 saturated carbocycles. The molecule has 3 saturated heterocycles. The van der Waals surface area contributed by atoms with Crippen LogP contribution in [0.2, 0.25) is 0 Å².